The molecule has 1 aromatic rings. The SMILES string of the molecule is NCC(Nc1cccc(C(F)(F)F)c1)C(F)(F)F.O=C(O)C(=O)O. The number of carboxylic acid groups (broad SMARTS) is 2. The molecule has 0 aliphatic heterocycles. The first-order valence-corrected chi connectivity index (χ1v) is 5.95. The Bertz CT molecular complexity index is 561. The summed E-state index contributed by atoms with van der Waals surface area (Å²) in [7, 11) is 0. The molecule has 0 saturated carbocycles. The molecule has 0 aliphatic rings. The first-order chi connectivity index (χ1) is 10.8. The highest BCUT2D eigenvalue weighted by Crippen LogP contribution is 2.31. The fraction of sp³-hybridized carbons (Fsp3) is 0.333. The minimum absolute atomic E-state index is 0.280. The number of carbonyl (C=O) groups is 2. The fourth-order valence-electron chi connectivity index (χ4n) is 1.26. The van der Waals surface area contributed by atoms with Crippen molar-refractivity contribution in [2.75, 3.05) is 11.9 Å². The second-order valence-corrected chi connectivity index (χ2v) is 4.16. The molecule has 1 unspecified atom stereocenters. The number of anilines is 1. The van der Waals surface area contributed by atoms with Crippen molar-refractivity contribution >= 4 is 17.6 Å². The van der Waals surface area contributed by atoms with Gasteiger partial charge in [0.1, 0.15) is 6.04 Å². The van der Waals surface area contributed by atoms with Gasteiger partial charge < -0.3 is 21.3 Å². The van der Waals surface area contributed by atoms with Crippen molar-refractivity contribution in [1.82, 2.24) is 0 Å². The summed E-state index contributed by atoms with van der Waals surface area (Å²) in [6, 6.07) is 1.43. The van der Waals surface area contributed by atoms with E-state index in [-0.39, 0.29) is 5.69 Å². The number of carboxylic acids is 2. The third-order valence-corrected chi connectivity index (χ3v) is 2.34. The van der Waals surface area contributed by atoms with E-state index in [1.165, 1.54) is 0 Å². The van der Waals surface area contributed by atoms with Gasteiger partial charge in [0.15, 0.2) is 0 Å². The number of rotatable bonds is 3. The standard InChI is InChI=1S/C10H10F6N2.C2H2O4/c11-9(12,13)6-2-1-3-7(4-6)18-8(5-17)10(14,15)16;3-1(4)2(5)6/h1-4,8,18H,5,17H2;(H,3,4)(H,5,6). The smallest absolute Gasteiger partial charge is 0.416 e. The molecular formula is C12H12F6N2O4. The normalized spacial score (nSPS) is 12.6. The van der Waals surface area contributed by atoms with Gasteiger partial charge in [-0.3, -0.25) is 0 Å². The maximum Gasteiger partial charge on any atom is 0.416 e. The maximum absolute atomic E-state index is 12.4. The molecule has 0 aliphatic carbocycles. The van der Waals surface area contributed by atoms with Crippen LogP contribution in [0.5, 0.6) is 0 Å². The Hall–Kier alpha value is -2.50. The van der Waals surface area contributed by atoms with E-state index in [0.29, 0.717) is 6.07 Å². The Morgan fingerprint density at radius 2 is 1.58 bits per heavy atom. The van der Waals surface area contributed by atoms with Gasteiger partial charge in [0.05, 0.1) is 5.56 Å². The summed E-state index contributed by atoms with van der Waals surface area (Å²) in [4.78, 5) is 18.2. The van der Waals surface area contributed by atoms with Crippen molar-refractivity contribution in [3.05, 3.63) is 29.8 Å². The average Bonchev–Trinajstić information content (AvgIpc) is 2.43. The molecule has 0 fully saturated rings. The summed E-state index contributed by atoms with van der Waals surface area (Å²) in [5.41, 5.74) is 3.62. The van der Waals surface area contributed by atoms with E-state index in [1.54, 1.807) is 0 Å². The second kappa shape index (κ2) is 8.38. The molecule has 1 rings (SSSR count). The van der Waals surface area contributed by atoms with Gasteiger partial charge in [-0.1, -0.05) is 6.07 Å². The van der Waals surface area contributed by atoms with E-state index in [1.807, 2.05) is 5.32 Å². The molecule has 12 heteroatoms. The van der Waals surface area contributed by atoms with Gasteiger partial charge in [0, 0.05) is 12.2 Å². The minimum atomic E-state index is -4.62. The van der Waals surface area contributed by atoms with Crippen LogP contribution >= 0.6 is 0 Å². The van der Waals surface area contributed by atoms with Gasteiger partial charge in [-0.05, 0) is 18.2 Å². The number of benzene rings is 1. The summed E-state index contributed by atoms with van der Waals surface area (Å²) in [6.07, 6.45) is -9.23. The lowest BCUT2D eigenvalue weighted by Crippen LogP contribution is -2.42. The minimum Gasteiger partial charge on any atom is -0.473 e. The lowest BCUT2D eigenvalue weighted by atomic mass is 10.1. The van der Waals surface area contributed by atoms with Crippen molar-refractivity contribution < 1.29 is 46.1 Å². The predicted molar refractivity (Wildman–Crippen MR) is 69.2 cm³/mol. The number of halogens is 6. The van der Waals surface area contributed by atoms with Crippen molar-refractivity contribution in [3.63, 3.8) is 0 Å². The maximum atomic E-state index is 12.4. The van der Waals surface area contributed by atoms with Gasteiger partial charge in [-0.2, -0.15) is 26.3 Å². The van der Waals surface area contributed by atoms with Crippen LogP contribution in [0.1, 0.15) is 5.56 Å². The number of hydrogen-bond acceptors (Lipinski definition) is 4. The van der Waals surface area contributed by atoms with Crippen LogP contribution < -0.4 is 11.1 Å². The first kappa shape index (κ1) is 21.5. The molecular weight excluding hydrogens is 350 g/mol. The average molecular weight is 362 g/mol. The second-order valence-electron chi connectivity index (χ2n) is 4.16. The number of nitrogens with one attached hydrogen (secondary N) is 1. The van der Waals surface area contributed by atoms with Crippen LogP contribution in [0.25, 0.3) is 0 Å². The summed E-state index contributed by atoms with van der Waals surface area (Å²) in [6.45, 7) is -0.764. The van der Waals surface area contributed by atoms with E-state index in [9.17, 15) is 26.3 Å². The van der Waals surface area contributed by atoms with Crippen LogP contribution in [0.2, 0.25) is 0 Å². The molecule has 0 bridgehead atoms. The summed E-state index contributed by atoms with van der Waals surface area (Å²) >= 11 is 0. The largest absolute Gasteiger partial charge is 0.473 e. The van der Waals surface area contributed by atoms with Crippen LogP contribution in [-0.2, 0) is 15.8 Å². The van der Waals surface area contributed by atoms with E-state index < -0.39 is 42.4 Å². The molecule has 24 heavy (non-hydrogen) atoms. The van der Waals surface area contributed by atoms with Crippen molar-refractivity contribution in [2.45, 2.75) is 18.4 Å². The number of aliphatic carboxylic acids is 2. The zero-order valence-corrected chi connectivity index (χ0v) is 11.6. The molecule has 0 saturated heterocycles. The van der Waals surface area contributed by atoms with Crippen LogP contribution in [0.15, 0.2) is 24.3 Å². The Morgan fingerprint density at radius 1 is 1.08 bits per heavy atom. The van der Waals surface area contributed by atoms with Gasteiger partial charge >= 0.3 is 24.3 Å². The van der Waals surface area contributed by atoms with Gasteiger partial charge in [0.25, 0.3) is 0 Å². The van der Waals surface area contributed by atoms with Gasteiger partial charge in [0.2, 0.25) is 0 Å². The molecule has 0 amide bonds. The van der Waals surface area contributed by atoms with Crippen molar-refractivity contribution in [2.24, 2.45) is 5.73 Å². The van der Waals surface area contributed by atoms with Crippen LogP contribution in [0.4, 0.5) is 32.0 Å². The van der Waals surface area contributed by atoms with E-state index in [4.69, 9.17) is 25.5 Å². The van der Waals surface area contributed by atoms with E-state index >= 15 is 0 Å². The Morgan fingerprint density at radius 3 is 1.92 bits per heavy atom. The number of nitrogens with two attached hydrogens (primary N) is 1. The van der Waals surface area contributed by atoms with Crippen LogP contribution in [0, 0.1) is 0 Å². The fourth-order valence-corrected chi connectivity index (χ4v) is 1.26. The van der Waals surface area contributed by atoms with E-state index in [0.717, 1.165) is 18.2 Å². The molecule has 6 nitrogen and oxygen atoms in total. The van der Waals surface area contributed by atoms with E-state index in [2.05, 4.69) is 0 Å². The first-order valence-electron chi connectivity index (χ1n) is 5.95. The predicted octanol–water partition coefficient (Wildman–Crippen LogP) is 2.16. The molecule has 1 atom stereocenters. The zero-order chi connectivity index (χ0) is 19.1. The van der Waals surface area contributed by atoms with Crippen LogP contribution in [0.3, 0.4) is 0 Å². The highest BCUT2D eigenvalue weighted by Gasteiger charge is 2.39. The third-order valence-electron chi connectivity index (χ3n) is 2.34. The highest BCUT2D eigenvalue weighted by molar-refractivity contribution is 6.27. The zero-order valence-electron chi connectivity index (χ0n) is 11.6. The Labute approximate surface area is 130 Å². The Balaban J connectivity index is 0.000000754. The number of hydrogen-bond donors (Lipinski definition) is 4. The molecule has 0 aromatic heterocycles. The quantitative estimate of drug-likeness (QED) is 0.484. The summed E-state index contributed by atoms with van der Waals surface area (Å²) in [5, 5.41) is 16.7. The highest BCUT2D eigenvalue weighted by atomic mass is 19.4. The molecule has 0 heterocycles. The van der Waals surface area contributed by atoms with Crippen molar-refractivity contribution in [3.8, 4) is 0 Å². The lowest BCUT2D eigenvalue weighted by molar-refractivity contribution is -0.159. The van der Waals surface area contributed by atoms with Gasteiger partial charge in [-0.25, -0.2) is 9.59 Å². The lowest BCUT2D eigenvalue weighted by Gasteiger charge is -2.21. The van der Waals surface area contributed by atoms with Crippen LogP contribution in [-0.4, -0.2) is 40.9 Å². The Kier molecular flexibility index (Phi) is 7.51. The number of alkyl halides is 6. The molecule has 136 valence electrons. The molecule has 1 aromatic carbocycles. The summed E-state index contributed by atoms with van der Waals surface area (Å²) in [5.74, 6) is -3.65. The monoisotopic (exact) mass is 362 g/mol. The molecule has 5 N–H and O–H groups in total. The summed E-state index contributed by atoms with van der Waals surface area (Å²) < 4.78 is 74.2. The van der Waals surface area contributed by atoms with Crippen molar-refractivity contribution in [1.29, 1.82) is 0 Å². The molecule has 0 spiro atoms. The third kappa shape index (κ3) is 7.67. The van der Waals surface area contributed by atoms with Gasteiger partial charge in [-0.15, -0.1) is 0 Å². The topological polar surface area (TPSA) is 113 Å². The molecule has 0 radical (unpaired) electrons.